The first-order chi connectivity index (χ1) is 10.8. The quantitative estimate of drug-likeness (QED) is 0.907. The highest BCUT2D eigenvalue weighted by Crippen LogP contribution is 2.25. The Bertz CT molecular complexity index is 728. The predicted molar refractivity (Wildman–Crippen MR) is 86.6 cm³/mol. The van der Waals surface area contributed by atoms with E-state index in [4.69, 9.17) is 9.52 Å². The van der Waals surface area contributed by atoms with Crippen LogP contribution < -0.4 is 5.32 Å². The van der Waals surface area contributed by atoms with Crippen molar-refractivity contribution in [2.75, 3.05) is 0 Å². The fraction of sp³-hybridized carbons (Fsp3) is 0.444. The summed E-state index contributed by atoms with van der Waals surface area (Å²) in [6, 6.07) is 5.69. The number of nitrogens with one attached hydrogen (secondary N) is 1. The minimum absolute atomic E-state index is 0.0882. The Labute approximate surface area is 135 Å². The second kappa shape index (κ2) is 5.81. The van der Waals surface area contributed by atoms with Gasteiger partial charge < -0.3 is 14.8 Å². The van der Waals surface area contributed by atoms with Crippen molar-refractivity contribution in [2.45, 2.75) is 51.6 Å². The SMILES string of the molecule is CC(C)(C)c1ncc(CNC2Cc3ccc(C(=O)O)cc3C2)o1. The summed E-state index contributed by atoms with van der Waals surface area (Å²) in [6.07, 6.45) is 3.53. The molecule has 5 nitrogen and oxygen atoms in total. The molecule has 0 bridgehead atoms. The molecule has 1 aliphatic rings. The molecule has 5 heteroatoms. The molecule has 1 aromatic carbocycles. The average Bonchev–Trinajstić information content (AvgIpc) is 3.10. The number of benzene rings is 1. The standard InChI is InChI=1S/C18H22N2O3/c1-18(2,3)17-20-10-15(23-17)9-19-14-7-11-4-5-12(16(21)22)6-13(11)8-14/h4-6,10,14,19H,7-9H2,1-3H3,(H,21,22). The molecule has 0 amide bonds. The fourth-order valence-corrected chi connectivity index (χ4v) is 2.88. The van der Waals surface area contributed by atoms with Crippen LogP contribution in [0.3, 0.4) is 0 Å². The molecule has 0 aliphatic heterocycles. The van der Waals surface area contributed by atoms with E-state index in [1.165, 1.54) is 5.56 Å². The fourth-order valence-electron chi connectivity index (χ4n) is 2.88. The van der Waals surface area contributed by atoms with Gasteiger partial charge >= 0.3 is 5.97 Å². The maximum atomic E-state index is 11.0. The molecule has 1 atom stereocenters. The van der Waals surface area contributed by atoms with Gasteiger partial charge in [0.15, 0.2) is 5.89 Å². The van der Waals surface area contributed by atoms with Crippen LogP contribution >= 0.6 is 0 Å². The van der Waals surface area contributed by atoms with Gasteiger partial charge in [-0.25, -0.2) is 9.78 Å². The van der Waals surface area contributed by atoms with Crippen molar-refractivity contribution in [3.05, 3.63) is 52.7 Å². The number of carboxylic acids is 1. The average molecular weight is 314 g/mol. The van der Waals surface area contributed by atoms with E-state index in [0.29, 0.717) is 18.2 Å². The summed E-state index contributed by atoms with van der Waals surface area (Å²) < 4.78 is 5.78. The summed E-state index contributed by atoms with van der Waals surface area (Å²) in [6.45, 7) is 6.85. The Morgan fingerprint density at radius 2 is 2.09 bits per heavy atom. The minimum atomic E-state index is -0.874. The second-order valence-electron chi connectivity index (χ2n) is 7.16. The molecule has 2 aromatic rings. The van der Waals surface area contributed by atoms with Crippen LogP contribution in [0.25, 0.3) is 0 Å². The van der Waals surface area contributed by atoms with Crippen molar-refractivity contribution in [3.8, 4) is 0 Å². The van der Waals surface area contributed by atoms with E-state index in [0.717, 1.165) is 30.1 Å². The van der Waals surface area contributed by atoms with Crippen LogP contribution in [0.4, 0.5) is 0 Å². The van der Waals surface area contributed by atoms with Crippen LogP contribution in [0.15, 0.2) is 28.8 Å². The monoisotopic (exact) mass is 314 g/mol. The number of carboxylic acid groups (broad SMARTS) is 1. The van der Waals surface area contributed by atoms with E-state index < -0.39 is 5.97 Å². The number of fused-ring (bicyclic) bond motifs is 1. The Morgan fingerprint density at radius 3 is 2.74 bits per heavy atom. The normalized spacial score (nSPS) is 17.3. The lowest BCUT2D eigenvalue weighted by Crippen LogP contribution is -2.28. The lowest BCUT2D eigenvalue weighted by atomic mass is 9.97. The first-order valence-corrected chi connectivity index (χ1v) is 7.86. The number of rotatable bonds is 4. The highest BCUT2D eigenvalue weighted by Gasteiger charge is 2.23. The summed E-state index contributed by atoms with van der Waals surface area (Å²) in [7, 11) is 0. The van der Waals surface area contributed by atoms with E-state index in [1.54, 1.807) is 18.3 Å². The molecule has 0 spiro atoms. The molecule has 3 rings (SSSR count). The maximum Gasteiger partial charge on any atom is 0.335 e. The van der Waals surface area contributed by atoms with Gasteiger partial charge in [-0.3, -0.25) is 0 Å². The number of aromatic carboxylic acids is 1. The third-order valence-corrected chi connectivity index (χ3v) is 4.15. The number of carbonyl (C=O) groups is 1. The zero-order valence-corrected chi connectivity index (χ0v) is 13.7. The molecule has 1 unspecified atom stereocenters. The Kier molecular flexibility index (Phi) is 3.98. The second-order valence-corrected chi connectivity index (χ2v) is 7.16. The predicted octanol–water partition coefficient (Wildman–Crippen LogP) is 2.93. The van der Waals surface area contributed by atoms with Crippen LogP contribution in [-0.2, 0) is 24.8 Å². The number of nitrogens with zero attached hydrogens (tertiary/aromatic N) is 1. The van der Waals surface area contributed by atoms with Crippen LogP contribution in [0, 0.1) is 0 Å². The van der Waals surface area contributed by atoms with Crippen LogP contribution in [0.1, 0.15) is 53.9 Å². The number of aromatic nitrogens is 1. The zero-order valence-electron chi connectivity index (χ0n) is 13.7. The van der Waals surface area contributed by atoms with Crippen LogP contribution in [0.2, 0.25) is 0 Å². The molecular formula is C18H22N2O3. The summed E-state index contributed by atoms with van der Waals surface area (Å²) in [4.78, 5) is 15.4. The molecule has 23 heavy (non-hydrogen) atoms. The molecule has 2 N–H and O–H groups in total. The first kappa shape index (κ1) is 15.7. The summed E-state index contributed by atoms with van der Waals surface area (Å²) in [5.41, 5.74) is 2.61. The van der Waals surface area contributed by atoms with Gasteiger partial charge in [-0.2, -0.15) is 0 Å². The molecule has 0 saturated heterocycles. The van der Waals surface area contributed by atoms with Crippen molar-refractivity contribution >= 4 is 5.97 Å². The van der Waals surface area contributed by atoms with E-state index in [9.17, 15) is 4.79 Å². The third kappa shape index (κ3) is 3.45. The zero-order chi connectivity index (χ0) is 16.6. The van der Waals surface area contributed by atoms with Gasteiger partial charge in [-0.15, -0.1) is 0 Å². The van der Waals surface area contributed by atoms with Crippen LogP contribution in [0.5, 0.6) is 0 Å². The van der Waals surface area contributed by atoms with Crippen molar-refractivity contribution in [2.24, 2.45) is 0 Å². The Balaban J connectivity index is 1.60. The number of hydrogen-bond donors (Lipinski definition) is 2. The highest BCUT2D eigenvalue weighted by molar-refractivity contribution is 5.88. The molecule has 0 saturated carbocycles. The third-order valence-electron chi connectivity index (χ3n) is 4.15. The van der Waals surface area contributed by atoms with E-state index in [-0.39, 0.29) is 5.41 Å². The lowest BCUT2D eigenvalue weighted by molar-refractivity contribution is 0.0696. The van der Waals surface area contributed by atoms with Crippen molar-refractivity contribution in [1.29, 1.82) is 0 Å². The maximum absolute atomic E-state index is 11.0. The number of hydrogen-bond acceptors (Lipinski definition) is 4. The van der Waals surface area contributed by atoms with Gasteiger partial charge in [0.25, 0.3) is 0 Å². The molecule has 1 heterocycles. The smallest absolute Gasteiger partial charge is 0.335 e. The Hall–Kier alpha value is -2.14. The van der Waals surface area contributed by atoms with Gasteiger partial charge in [0.2, 0.25) is 0 Å². The van der Waals surface area contributed by atoms with Gasteiger partial charge in [0.1, 0.15) is 5.76 Å². The molecule has 0 radical (unpaired) electrons. The van der Waals surface area contributed by atoms with Crippen molar-refractivity contribution in [1.82, 2.24) is 10.3 Å². The van der Waals surface area contributed by atoms with E-state index in [2.05, 4.69) is 31.1 Å². The molecule has 122 valence electrons. The lowest BCUT2D eigenvalue weighted by Gasteiger charge is -2.13. The topological polar surface area (TPSA) is 75.4 Å². The van der Waals surface area contributed by atoms with Crippen molar-refractivity contribution < 1.29 is 14.3 Å². The number of oxazole rings is 1. The summed E-state index contributed by atoms with van der Waals surface area (Å²) in [5, 5.41) is 12.5. The molecule has 1 aliphatic carbocycles. The minimum Gasteiger partial charge on any atom is -0.478 e. The van der Waals surface area contributed by atoms with E-state index >= 15 is 0 Å². The Morgan fingerprint density at radius 1 is 1.35 bits per heavy atom. The molecular weight excluding hydrogens is 292 g/mol. The van der Waals surface area contributed by atoms with Gasteiger partial charge in [-0.05, 0) is 36.1 Å². The summed E-state index contributed by atoms with van der Waals surface area (Å²) >= 11 is 0. The van der Waals surface area contributed by atoms with E-state index in [1.807, 2.05) is 6.07 Å². The highest BCUT2D eigenvalue weighted by atomic mass is 16.4. The van der Waals surface area contributed by atoms with Gasteiger partial charge in [0, 0.05) is 11.5 Å². The van der Waals surface area contributed by atoms with Gasteiger partial charge in [0.05, 0.1) is 18.3 Å². The van der Waals surface area contributed by atoms with Gasteiger partial charge in [-0.1, -0.05) is 26.8 Å². The molecule has 0 fully saturated rings. The summed E-state index contributed by atoms with van der Waals surface area (Å²) in [5.74, 6) is 0.702. The van der Waals surface area contributed by atoms with Crippen molar-refractivity contribution in [3.63, 3.8) is 0 Å². The first-order valence-electron chi connectivity index (χ1n) is 7.86. The molecule has 1 aromatic heterocycles. The largest absolute Gasteiger partial charge is 0.478 e. The van der Waals surface area contributed by atoms with Crippen LogP contribution in [-0.4, -0.2) is 22.1 Å².